The summed E-state index contributed by atoms with van der Waals surface area (Å²) in [5, 5.41) is 5.24. The first-order valence-corrected chi connectivity index (χ1v) is 8.19. The minimum atomic E-state index is -0.212. The molecule has 0 radical (unpaired) electrons. The second-order valence-corrected chi connectivity index (χ2v) is 6.96. The maximum absolute atomic E-state index is 12.4. The number of hydrogen-bond acceptors (Lipinski definition) is 3. The summed E-state index contributed by atoms with van der Waals surface area (Å²) >= 11 is 10.9. The molecule has 0 aliphatic carbocycles. The van der Waals surface area contributed by atoms with Crippen molar-refractivity contribution in [2.45, 2.75) is 19.9 Å². The van der Waals surface area contributed by atoms with Gasteiger partial charge in [0.1, 0.15) is 5.15 Å². The highest BCUT2D eigenvalue weighted by Gasteiger charge is 2.21. The number of nitrogens with zero attached hydrogens (tertiary/aromatic N) is 1. The van der Waals surface area contributed by atoms with Gasteiger partial charge >= 0.3 is 0 Å². The number of aromatic nitrogens is 1. The van der Waals surface area contributed by atoms with Crippen LogP contribution < -0.4 is 5.32 Å². The third-order valence-corrected chi connectivity index (χ3v) is 4.54. The average Bonchev–Trinajstić information content (AvgIpc) is 2.91. The lowest BCUT2D eigenvalue weighted by molar-refractivity contribution is 0.0926. The molecule has 3 nitrogen and oxygen atoms in total. The van der Waals surface area contributed by atoms with E-state index in [4.69, 9.17) is 11.6 Å². The number of nitrogens with one attached hydrogen (secondary N) is 1. The van der Waals surface area contributed by atoms with Crippen molar-refractivity contribution in [3.8, 4) is 0 Å². The Balaban J connectivity index is 2.23. The van der Waals surface area contributed by atoms with E-state index >= 15 is 0 Å². The van der Waals surface area contributed by atoms with Crippen LogP contribution in [0.25, 0.3) is 0 Å². The molecule has 0 bridgehead atoms. The second kappa shape index (κ2) is 6.70. The van der Waals surface area contributed by atoms with Gasteiger partial charge in [0.25, 0.3) is 5.91 Å². The molecule has 106 valence electrons. The smallest absolute Gasteiger partial charge is 0.254 e. The van der Waals surface area contributed by atoms with Crippen molar-refractivity contribution in [1.82, 2.24) is 10.3 Å². The molecule has 2 aromatic heterocycles. The molecule has 1 unspecified atom stereocenters. The van der Waals surface area contributed by atoms with Crippen molar-refractivity contribution in [3.63, 3.8) is 0 Å². The normalized spacial score (nSPS) is 12.4. The fourth-order valence-electron chi connectivity index (χ4n) is 1.84. The summed E-state index contributed by atoms with van der Waals surface area (Å²) in [6.07, 6.45) is 1.57. The van der Waals surface area contributed by atoms with E-state index in [2.05, 4.69) is 40.1 Å². The zero-order valence-corrected chi connectivity index (χ0v) is 14.2. The van der Waals surface area contributed by atoms with Crippen LogP contribution >= 0.6 is 38.9 Å². The van der Waals surface area contributed by atoms with Crippen molar-refractivity contribution < 1.29 is 4.79 Å². The molecule has 0 aromatic carbocycles. The average molecular weight is 374 g/mol. The molecule has 0 aliphatic rings. The van der Waals surface area contributed by atoms with Gasteiger partial charge in [-0.3, -0.25) is 4.79 Å². The zero-order chi connectivity index (χ0) is 14.7. The van der Waals surface area contributed by atoms with Crippen LogP contribution in [0.2, 0.25) is 5.15 Å². The van der Waals surface area contributed by atoms with Gasteiger partial charge in [0.05, 0.1) is 11.6 Å². The maximum atomic E-state index is 12.4. The molecule has 0 saturated heterocycles. The minimum absolute atomic E-state index is 0.0300. The molecule has 1 atom stereocenters. The summed E-state index contributed by atoms with van der Waals surface area (Å²) in [7, 11) is 0. The van der Waals surface area contributed by atoms with Crippen molar-refractivity contribution in [3.05, 3.63) is 49.8 Å². The molecule has 1 amide bonds. The standard InChI is InChI=1S/C14H14BrClN2OS/c1-8(2)12(11-4-3-5-20-11)18-14(19)10-6-9(15)7-17-13(10)16/h3-8,12H,1-2H3,(H,18,19). The summed E-state index contributed by atoms with van der Waals surface area (Å²) in [6.45, 7) is 4.15. The van der Waals surface area contributed by atoms with Crippen molar-refractivity contribution in [2.75, 3.05) is 0 Å². The van der Waals surface area contributed by atoms with Crippen LogP contribution in [0.4, 0.5) is 0 Å². The quantitative estimate of drug-likeness (QED) is 0.790. The van der Waals surface area contributed by atoms with Crippen LogP contribution in [-0.2, 0) is 0 Å². The largest absolute Gasteiger partial charge is 0.344 e. The number of carbonyl (C=O) groups is 1. The molecule has 0 saturated carbocycles. The molecule has 0 aliphatic heterocycles. The van der Waals surface area contributed by atoms with Gasteiger partial charge in [-0.2, -0.15) is 0 Å². The Bertz CT molecular complexity index is 601. The van der Waals surface area contributed by atoms with Gasteiger partial charge < -0.3 is 5.32 Å². The van der Waals surface area contributed by atoms with E-state index in [1.54, 1.807) is 23.6 Å². The van der Waals surface area contributed by atoms with E-state index in [0.717, 1.165) is 9.35 Å². The molecule has 0 spiro atoms. The van der Waals surface area contributed by atoms with Gasteiger partial charge in [-0.05, 0) is 39.4 Å². The van der Waals surface area contributed by atoms with Gasteiger partial charge in [0, 0.05) is 15.5 Å². The first-order chi connectivity index (χ1) is 9.49. The molecule has 2 rings (SSSR count). The Morgan fingerprint density at radius 2 is 2.25 bits per heavy atom. The van der Waals surface area contributed by atoms with Crippen LogP contribution in [-0.4, -0.2) is 10.9 Å². The van der Waals surface area contributed by atoms with E-state index in [0.29, 0.717) is 5.56 Å². The van der Waals surface area contributed by atoms with Crippen LogP contribution in [0.3, 0.4) is 0 Å². The van der Waals surface area contributed by atoms with Crippen LogP contribution in [0.5, 0.6) is 0 Å². The third-order valence-electron chi connectivity index (χ3n) is 2.85. The number of thiophene rings is 1. The number of amides is 1. The summed E-state index contributed by atoms with van der Waals surface area (Å²) in [6, 6.07) is 5.65. The van der Waals surface area contributed by atoms with E-state index < -0.39 is 0 Å². The van der Waals surface area contributed by atoms with Gasteiger partial charge in [0.15, 0.2) is 0 Å². The molecule has 6 heteroatoms. The van der Waals surface area contributed by atoms with E-state index in [1.807, 2.05) is 17.5 Å². The Morgan fingerprint density at radius 1 is 1.50 bits per heavy atom. The number of pyridine rings is 1. The second-order valence-electron chi connectivity index (χ2n) is 4.70. The lowest BCUT2D eigenvalue weighted by Gasteiger charge is -2.21. The lowest BCUT2D eigenvalue weighted by Crippen LogP contribution is -2.31. The molecular formula is C14H14BrClN2OS. The Morgan fingerprint density at radius 3 is 2.85 bits per heavy atom. The van der Waals surface area contributed by atoms with Gasteiger partial charge in [-0.1, -0.05) is 31.5 Å². The summed E-state index contributed by atoms with van der Waals surface area (Å²) in [4.78, 5) is 17.5. The SMILES string of the molecule is CC(C)C(NC(=O)c1cc(Br)cnc1Cl)c1cccs1. The van der Waals surface area contributed by atoms with Gasteiger partial charge in [-0.25, -0.2) is 4.98 Å². The van der Waals surface area contributed by atoms with Crippen LogP contribution in [0, 0.1) is 5.92 Å². The first-order valence-electron chi connectivity index (χ1n) is 6.14. The van der Waals surface area contributed by atoms with E-state index in [1.165, 1.54) is 0 Å². The Hall–Kier alpha value is -0.910. The topological polar surface area (TPSA) is 42.0 Å². The fraction of sp³-hybridized carbons (Fsp3) is 0.286. The number of halogens is 2. The van der Waals surface area contributed by atoms with Gasteiger partial charge in [-0.15, -0.1) is 11.3 Å². The molecule has 2 heterocycles. The highest BCUT2D eigenvalue weighted by molar-refractivity contribution is 9.10. The fourth-order valence-corrected chi connectivity index (χ4v) is 3.30. The molecule has 20 heavy (non-hydrogen) atoms. The highest BCUT2D eigenvalue weighted by Crippen LogP contribution is 2.27. The van der Waals surface area contributed by atoms with Crippen molar-refractivity contribution in [1.29, 1.82) is 0 Å². The molecule has 0 fully saturated rings. The third kappa shape index (κ3) is 3.59. The molecular weight excluding hydrogens is 360 g/mol. The predicted molar refractivity (Wildman–Crippen MR) is 86.3 cm³/mol. The predicted octanol–water partition coefficient (Wildman–Crippen LogP) is 4.69. The molecule has 1 N–H and O–H groups in total. The van der Waals surface area contributed by atoms with Crippen molar-refractivity contribution in [2.24, 2.45) is 5.92 Å². The number of carbonyl (C=O) groups excluding carboxylic acids is 1. The Labute approximate surface area is 135 Å². The zero-order valence-electron chi connectivity index (χ0n) is 11.1. The van der Waals surface area contributed by atoms with Gasteiger partial charge in [0.2, 0.25) is 0 Å². The summed E-state index contributed by atoms with van der Waals surface area (Å²) in [5.74, 6) is 0.0763. The maximum Gasteiger partial charge on any atom is 0.254 e. The van der Waals surface area contributed by atoms with Crippen LogP contribution in [0.15, 0.2) is 34.2 Å². The molecule has 2 aromatic rings. The highest BCUT2D eigenvalue weighted by atomic mass is 79.9. The Kier molecular flexibility index (Phi) is 5.18. The monoisotopic (exact) mass is 372 g/mol. The van der Waals surface area contributed by atoms with E-state index in [-0.39, 0.29) is 23.0 Å². The summed E-state index contributed by atoms with van der Waals surface area (Å²) in [5.41, 5.74) is 0.378. The number of rotatable bonds is 4. The summed E-state index contributed by atoms with van der Waals surface area (Å²) < 4.78 is 0.726. The minimum Gasteiger partial charge on any atom is -0.344 e. The lowest BCUT2D eigenvalue weighted by atomic mass is 10.0. The first kappa shape index (κ1) is 15.5. The van der Waals surface area contributed by atoms with Crippen molar-refractivity contribution >= 4 is 44.8 Å². The van der Waals surface area contributed by atoms with Crippen LogP contribution in [0.1, 0.15) is 35.1 Å². The van der Waals surface area contributed by atoms with E-state index in [9.17, 15) is 4.79 Å². The number of hydrogen-bond donors (Lipinski definition) is 1.